The summed E-state index contributed by atoms with van der Waals surface area (Å²) in [5.74, 6) is -0.145. The molecule has 5 heteroatoms. The number of nitrogens with two attached hydrogens (primary N) is 1. The Morgan fingerprint density at radius 1 is 1.04 bits per heavy atom. The fourth-order valence-electron chi connectivity index (χ4n) is 3.10. The molecule has 4 aromatic rings. The number of nitrogens with zero attached hydrogens (tertiary/aromatic N) is 1. The van der Waals surface area contributed by atoms with Crippen LogP contribution in [-0.4, -0.2) is 17.4 Å². The minimum atomic E-state index is -0.145. The molecule has 3 N–H and O–H groups in total. The van der Waals surface area contributed by atoms with Crippen LogP contribution >= 0.6 is 11.3 Å². The first-order chi connectivity index (χ1) is 13.6. The largest absolute Gasteiger partial charge is 0.397 e. The Hall–Kier alpha value is -3.18. The number of thiophene rings is 1. The summed E-state index contributed by atoms with van der Waals surface area (Å²) < 4.78 is 0. The zero-order chi connectivity index (χ0) is 19.5. The molecule has 0 saturated heterocycles. The summed E-state index contributed by atoms with van der Waals surface area (Å²) in [6.07, 6.45) is 0.785. The number of fused-ring (bicyclic) bond motifs is 1. The lowest BCUT2D eigenvalue weighted by Crippen LogP contribution is -2.25. The maximum Gasteiger partial charge on any atom is 0.263 e. The zero-order valence-electron chi connectivity index (χ0n) is 15.6. The third-order valence-corrected chi connectivity index (χ3v) is 5.80. The third-order valence-electron chi connectivity index (χ3n) is 4.69. The molecule has 0 fully saturated rings. The number of hydrogen-bond donors (Lipinski definition) is 2. The van der Waals surface area contributed by atoms with Gasteiger partial charge in [-0.2, -0.15) is 0 Å². The van der Waals surface area contributed by atoms with Gasteiger partial charge in [-0.15, -0.1) is 11.3 Å². The molecule has 0 spiro atoms. The number of amides is 1. The van der Waals surface area contributed by atoms with E-state index in [0.29, 0.717) is 17.1 Å². The van der Waals surface area contributed by atoms with Gasteiger partial charge in [0.1, 0.15) is 9.71 Å². The normalized spacial score (nSPS) is 10.9. The molecule has 2 aromatic heterocycles. The Kier molecular flexibility index (Phi) is 5.08. The van der Waals surface area contributed by atoms with Crippen molar-refractivity contribution >= 4 is 33.1 Å². The van der Waals surface area contributed by atoms with Crippen molar-refractivity contribution in [3.8, 4) is 11.3 Å². The van der Waals surface area contributed by atoms with Gasteiger partial charge < -0.3 is 11.1 Å². The van der Waals surface area contributed by atoms with Gasteiger partial charge in [0.15, 0.2) is 0 Å². The minimum absolute atomic E-state index is 0.145. The molecule has 28 heavy (non-hydrogen) atoms. The Morgan fingerprint density at radius 2 is 1.79 bits per heavy atom. The van der Waals surface area contributed by atoms with Crippen molar-refractivity contribution in [2.24, 2.45) is 0 Å². The number of rotatable bonds is 5. The fourth-order valence-corrected chi connectivity index (χ4v) is 4.11. The van der Waals surface area contributed by atoms with E-state index in [-0.39, 0.29) is 5.91 Å². The summed E-state index contributed by atoms with van der Waals surface area (Å²) >= 11 is 1.34. The number of aromatic nitrogens is 1. The molecule has 0 atom stereocenters. The van der Waals surface area contributed by atoms with Crippen LogP contribution in [0.5, 0.6) is 0 Å². The molecule has 0 saturated carbocycles. The van der Waals surface area contributed by atoms with Crippen molar-refractivity contribution < 1.29 is 4.79 Å². The second kappa shape index (κ2) is 7.82. The van der Waals surface area contributed by atoms with Gasteiger partial charge in [0.25, 0.3) is 5.91 Å². The molecular weight excluding hydrogens is 366 g/mol. The highest BCUT2D eigenvalue weighted by Crippen LogP contribution is 2.34. The number of pyridine rings is 1. The molecule has 4 nitrogen and oxygen atoms in total. The van der Waals surface area contributed by atoms with E-state index in [1.54, 1.807) is 0 Å². The Morgan fingerprint density at radius 3 is 2.54 bits per heavy atom. The molecule has 2 aromatic carbocycles. The summed E-state index contributed by atoms with van der Waals surface area (Å²) in [4.78, 5) is 18.6. The van der Waals surface area contributed by atoms with Crippen LogP contribution in [0.2, 0.25) is 0 Å². The number of nitrogen functional groups attached to an aromatic ring is 1. The van der Waals surface area contributed by atoms with Gasteiger partial charge in [-0.3, -0.25) is 4.79 Å². The predicted octanol–water partition coefficient (Wildman–Crippen LogP) is 4.83. The first-order valence-electron chi connectivity index (χ1n) is 9.20. The average molecular weight is 388 g/mol. The van der Waals surface area contributed by atoms with Crippen LogP contribution in [0, 0.1) is 6.92 Å². The van der Waals surface area contributed by atoms with Gasteiger partial charge >= 0.3 is 0 Å². The summed E-state index contributed by atoms with van der Waals surface area (Å²) in [5.41, 5.74) is 11.1. The Balaban J connectivity index is 1.53. The van der Waals surface area contributed by atoms with Crippen LogP contribution < -0.4 is 11.1 Å². The van der Waals surface area contributed by atoms with Crippen molar-refractivity contribution in [2.75, 3.05) is 12.3 Å². The highest BCUT2D eigenvalue weighted by atomic mass is 32.1. The number of nitrogens with one attached hydrogen (secondary N) is 1. The maximum atomic E-state index is 12.6. The van der Waals surface area contributed by atoms with Crippen molar-refractivity contribution in [1.29, 1.82) is 0 Å². The summed E-state index contributed by atoms with van der Waals surface area (Å²) in [6.45, 7) is 2.63. The minimum Gasteiger partial charge on any atom is -0.397 e. The number of hydrogen-bond acceptors (Lipinski definition) is 4. The standard InChI is InChI=1S/C23H21N3OS/c1-15-7-9-17(10-8-15)19-12-11-18-20(24)21(28-23(18)26-19)22(27)25-14-13-16-5-3-2-4-6-16/h2-12H,13-14,24H2,1H3,(H,25,27). The van der Waals surface area contributed by atoms with Crippen LogP contribution in [0.25, 0.3) is 21.5 Å². The van der Waals surface area contributed by atoms with Crippen LogP contribution in [0.1, 0.15) is 20.8 Å². The van der Waals surface area contributed by atoms with E-state index in [9.17, 15) is 4.79 Å². The van der Waals surface area contributed by atoms with Crippen LogP contribution in [0.3, 0.4) is 0 Å². The van der Waals surface area contributed by atoms with Crippen molar-refractivity contribution in [1.82, 2.24) is 10.3 Å². The monoisotopic (exact) mass is 387 g/mol. The quantitative estimate of drug-likeness (QED) is 0.515. The van der Waals surface area contributed by atoms with E-state index in [0.717, 1.165) is 27.9 Å². The molecule has 1 amide bonds. The third kappa shape index (κ3) is 3.75. The topological polar surface area (TPSA) is 68.0 Å². The first kappa shape index (κ1) is 18.2. The van der Waals surface area contributed by atoms with Crippen molar-refractivity contribution in [2.45, 2.75) is 13.3 Å². The van der Waals surface area contributed by atoms with Crippen LogP contribution in [0.15, 0.2) is 66.7 Å². The SMILES string of the molecule is Cc1ccc(-c2ccc3c(N)c(C(=O)NCCc4ccccc4)sc3n2)cc1. The molecule has 0 aliphatic carbocycles. The summed E-state index contributed by atoms with van der Waals surface area (Å²) in [6, 6.07) is 22.2. The Labute approximate surface area is 168 Å². The number of carbonyl (C=O) groups is 1. The van der Waals surface area contributed by atoms with Crippen LogP contribution in [0.4, 0.5) is 5.69 Å². The molecule has 0 aliphatic rings. The van der Waals surface area contributed by atoms with E-state index in [2.05, 4.69) is 48.6 Å². The highest BCUT2D eigenvalue weighted by Gasteiger charge is 2.17. The number of carbonyl (C=O) groups excluding carboxylic acids is 1. The molecule has 4 rings (SSSR count). The van der Waals surface area contributed by atoms with Gasteiger partial charge in [0.2, 0.25) is 0 Å². The van der Waals surface area contributed by atoms with Gasteiger partial charge in [-0.05, 0) is 31.0 Å². The van der Waals surface area contributed by atoms with Crippen LogP contribution in [-0.2, 0) is 6.42 Å². The van der Waals surface area contributed by atoms with Crippen molar-refractivity contribution in [3.05, 3.63) is 82.7 Å². The molecule has 0 bridgehead atoms. The molecule has 140 valence electrons. The van der Waals surface area contributed by atoms with E-state index < -0.39 is 0 Å². The number of benzene rings is 2. The van der Waals surface area contributed by atoms with E-state index in [4.69, 9.17) is 10.7 Å². The zero-order valence-corrected chi connectivity index (χ0v) is 16.4. The molecule has 2 heterocycles. The number of aryl methyl sites for hydroxylation is 1. The first-order valence-corrected chi connectivity index (χ1v) is 10.0. The predicted molar refractivity (Wildman–Crippen MR) is 117 cm³/mol. The second-order valence-corrected chi connectivity index (χ2v) is 7.75. The lowest BCUT2D eigenvalue weighted by Gasteiger charge is -2.04. The smallest absolute Gasteiger partial charge is 0.263 e. The lowest BCUT2D eigenvalue weighted by molar-refractivity contribution is 0.0959. The molecular formula is C23H21N3OS. The van der Waals surface area contributed by atoms with E-state index >= 15 is 0 Å². The molecule has 0 aliphatic heterocycles. The molecule has 0 radical (unpaired) electrons. The van der Waals surface area contributed by atoms with Crippen molar-refractivity contribution in [3.63, 3.8) is 0 Å². The average Bonchev–Trinajstić information content (AvgIpc) is 3.05. The molecule has 0 unspecified atom stereocenters. The fraction of sp³-hybridized carbons (Fsp3) is 0.130. The van der Waals surface area contributed by atoms with E-state index in [1.807, 2.05) is 30.3 Å². The van der Waals surface area contributed by atoms with Gasteiger partial charge in [0, 0.05) is 17.5 Å². The van der Waals surface area contributed by atoms with Gasteiger partial charge in [-0.1, -0.05) is 60.2 Å². The number of anilines is 1. The van der Waals surface area contributed by atoms with Gasteiger partial charge in [0.05, 0.1) is 11.4 Å². The summed E-state index contributed by atoms with van der Waals surface area (Å²) in [5, 5.41) is 3.79. The van der Waals surface area contributed by atoms with Gasteiger partial charge in [-0.25, -0.2) is 4.98 Å². The lowest BCUT2D eigenvalue weighted by atomic mass is 10.1. The maximum absolute atomic E-state index is 12.6. The second-order valence-electron chi connectivity index (χ2n) is 6.75. The summed E-state index contributed by atoms with van der Waals surface area (Å²) in [7, 11) is 0. The highest BCUT2D eigenvalue weighted by molar-refractivity contribution is 7.21. The Bertz CT molecular complexity index is 1120. The van der Waals surface area contributed by atoms with E-state index in [1.165, 1.54) is 22.5 Å².